The first-order chi connectivity index (χ1) is 12.9. The smallest absolute Gasteiger partial charge is 0.342 e. The molecule has 2 aromatic rings. The Morgan fingerprint density at radius 1 is 1.00 bits per heavy atom. The fourth-order valence-electron chi connectivity index (χ4n) is 2.85. The van der Waals surface area contributed by atoms with Crippen LogP contribution in [-0.2, 0) is 9.53 Å². The van der Waals surface area contributed by atoms with Crippen molar-refractivity contribution in [1.29, 1.82) is 0 Å². The lowest BCUT2D eigenvalue weighted by Gasteiger charge is -2.36. The molecule has 0 aromatic heterocycles. The van der Waals surface area contributed by atoms with Crippen LogP contribution in [0.4, 0.5) is 10.1 Å². The highest BCUT2D eigenvalue weighted by Crippen LogP contribution is 2.23. The number of phenolic OH excluding ortho intramolecular Hbond substituents is 2. The van der Waals surface area contributed by atoms with Gasteiger partial charge in [-0.25, -0.2) is 9.18 Å². The first kappa shape index (κ1) is 18.5. The molecule has 142 valence electrons. The van der Waals surface area contributed by atoms with Gasteiger partial charge < -0.3 is 24.7 Å². The number of hydrogen-bond donors (Lipinski definition) is 2. The number of piperazine rings is 1. The van der Waals surface area contributed by atoms with Crippen molar-refractivity contribution >= 4 is 17.6 Å². The molecule has 2 aromatic carbocycles. The molecule has 0 radical (unpaired) electrons. The average Bonchev–Trinajstić information content (AvgIpc) is 2.66. The second-order valence-electron chi connectivity index (χ2n) is 6.12. The summed E-state index contributed by atoms with van der Waals surface area (Å²) in [4.78, 5) is 27.8. The number of esters is 1. The number of carbonyl (C=O) groups excluding carboxylic acids is 2. The molecule has 1 amide bonds. The number of rotatable bonds is 4. The molecule has 1 aliphatic heterocycles. The van der Waals surface area contributed by atoms with E-state index in [4.69, 9.17) is 4.74 Å². The predicted molar refractivity (Wildman–Crippen MR) is 95.2 cm³/mol. The van der Waals surface area contributed by atoms with Crippen LogP contribution in [0.3, 0.4) is 0 Å². The van der Waals surface area contributed by atoms with E-state index in [1.807, 2.05) is 4.90 Å². The van der Waals surface area contributed by atoms with E-state index in [2.05, 4.69) is 0 Å². The van der Waals surface area contributed by atoms with E-state index in [-0.39, 0.29) is 23.0 Å². The summed E-state index contributed by atoms with van der Waals surface area (Å²) >= 11 is 0. The van der Waals surface area contributed by atoms with Gasteiger partial charge >= 0.3 is 5.97 Å². The van der Waals surface area contributed by atoms with Crippen molar-refractivity contribution in [2.45, 2.75) is 0 Å². The van der Waals surface area contributed by atoms with Crippen LogP contribution < -0.4 is 4.90 Å². The van der Waals surface area contributed by atoms with Crippen LogP contribution in [0.25, 0.3) is 0 Å². The summed E-state index contributed by atoms with van der Waals surface area (Å²) in [5.41, 5.74) is 0.763. The SMILES string of the molecule is O=C(OCC(=O)N1CCN(c2ccc(F)cc2)CC1)c1ccc(O)cc1O. The number of halogens is 1. The van der Waals surface area contributed by atoms with E-state index in [1.165, 1.54) is 24.3 Å². The fraction of sp³-hybridized carbons (Fsp3) is 0.263. The van der Waals surface area contributed by atoms with Gasteiger partial charge in [-0.15, -0.1) is 0 Å². The van der Waals surface area contributed by atoms with Crippen LogP contribution in [0.15, 0.2) is 42.5 Å². The number of ether oxygens (including phenoxy) is 1. The third-order valence-corrected chi connectivity index (χ3v) is 4.35. The zero-order valence-corrected chi connectivity index (χ0v) is 14.5. The van der Waals surface area contributed by atoms with Gasteiger partial charge in [-0.3, -0.25) is 4.79 Å². The van der Waals surface area contributed by atoms with Gasteiger partial charge in [-0.05, 0) is 36.4 Å². The number of aromatic hydroxyl groups is 2. The molecule has 2 N–H and O–H groups in total. The number of benzene rings is 2. The van der Waals surface area contributed by atoms with E-state index in [0.29, 0.717) is 26.2 Å². The van der Waals surface area contributed by atoms with E-state index in [1.54, 1.807) is 17.0 Å². The molecular weight excluding hydrogens is 355 g/mol. The predicted octanol–water partition coefficient (Wildman–Crippen LogP) is 1.74. The number of hydrogen-bond acceptors (Lipinski definition) is 6. The van der Waals surface area contributed by atoms with Crippen molar-refractivity contribution in [2.75, 3.05) is 37.7 Å². The Kier molecular flexibility index (Phi) is 5.44. The second kappa shape index (κ2) is 7.94. The van der Waals surface area contributed by atoms with Gasteiger partial charge in [0.2, 0.25) is 0 Å². The second-order valence-corrected chi connectivity index (χ2v) is 6.12. The summed E-state index contributed by atoms with van der Waals surface area (Å²) in [5.74, 6) is -2.07. The highest BCUT2D eigenvalue weighted by atomic mass is 19.1. The first-order valence-corrected chi connectivity index (χ1v) is 8.41. The maximum absolute atomic E-state index is 13.0. The summed E-state index contributed by atoms with van der Waals surface area (Å²) in [6.45, 7) is 1.65. The fourth-order valence-corrected chi connectivity index (χ4v) is 2.85. The Hall–Kier alpha value is -3.29. The molecule has 0 saturated carbocycles. The Labute approximate surface area is 155 Å². The maximum Gasteiger partial charge on any atom is 0.342 e. The Morgan fingerprint density at radius 2 is 1.67 bits per heavy atom. The molecule has 7 nitrogen and oxygen atoms in total. The summed E-state index contributed by atoms with van der Waals surface area (Å²) in [6, 6.07) is 9.66. The van der Waals surface area contributed by atoms with Gasteiger partial charge in [0.1, 0.15) is 22.9 Å². The van der Waals surface area contributed by atoms with Gasteiger partial charge in [0.25, 0.3) is 5.91 Å². The number of nitrogens with zero attached hydrogens (tertiary/aromatic N) is 2. The molecule has 3 rings (SSSR count). The third-order valence-electron chi connectivity index (χ3n) is 4.35. The molecule has 0 atom stereocenters. The van der Waals surface area contributed by atoms with Crippen molar-refractivity contribution in [1.82, 2.24) is 4.90 Å². The zero-order valence-electron chi connectivity index (χ0n) is 14.5. The van der Waals surface area contributed by atoms with Crippen molar-refractivity contribution in [2.24, 2.45) is 0 Å². The molecule has 27 heavy (non-hydrogen) atoms. The van der Waals surface area contributed by atoms with Crippen LogP contribution in [-0.4, -0.2) is 59.8 Å². The van der Waals surface area contributed by atoms with Gasteiger partial charge in [0, 0.05) is 37.9 Å². The summed E-state index contributed by atoms with van der Waals surface area (Å²) in [6.07, 6.45) is 0. The number of phenols is 2. The number of amides is 1. The molecule has 1 aliphatic rings. The minimum atomic E-state index is -0.842. The highest BCUT2D eigenvalue weighted by molar-refractivity contribution is 5.94. The van der Waals surface area contributed by atoms with Crippen molar-refractivity contribution in [3.8, 4) is 11.5 Å². The molecule has 0 bridgehead atoms. The van der Waals surface area contributed by atoms with Crippen LogP contribution in [0.5, 0.6) is 11.5 Å². The largest absolute Gasteiger partial charge is 0.508 e. The molecule has 1 fully saturated rings. The van der Waals surface area contributed by atoms with Gasteiger partial charge in [0.05, 0.1) is 0 Å². The quantitative estimate of drug-likeness (QED) is 0.793. The molecule has 0 unspecified atom stereocenters. The molecule has 8 heteroatoms. The standard InChI is InChI=1S/C19H19FN2O5/c20-13-1-3-14(4-2-13)21-7-9-22(10-8-21)18(25)12-27-19(26)16-6-5-15(23)11-17(16)24/h1-6,11,23-24H,7-10,12H2. The number of carbonyl (C=O) groups is 2. The lowest BCUT2D eigenvalue weighted by molar-refractivity contribution is -0.134. The van der Waals surface area contributed by atoms with Crippen molar-refractivity contribution in [3.05, 3.63) is 53.8 Å². The van der Waals surface area contributed by atoms with E-state index >= 15 is 0 Å². The summed E-state index contributed by atoms with van der Waals surface area (Å²) in [5, 5.41) is 18.9. The maximum atomic E-state index is 13.0. The van der Waals surface area contributed by atoms with E-state index < -0.39 is 18.3 Å². The monoisotopic (exact) mass is 374 g/mol. The molecule has 0 spiro atoms. The first-order valence-electron chi connectivity index (χ1n) is 8.41. The van der Waals surface area contributed by atoms with Crippen molar-refractivity contribution in [3.63, 3.8) is 0 Å². The molecule has 1 heterocycles. The topological polar surface area (TPSA) is 90.3 Å². The van der Waals surface area contributed by atoms with E-state index in [0.717, 1.165) is 11.8 Å². The highest BCUT2D eigenvalue weighted by Gasteiger charge is 2.23. The van der Waals surface area contributed by atoms with Crippen molar-refractivity contribution < 1.29 is 28.9 Å². The molecular formula is C19H19FN2O5. The third kappa shape index (κ3) is 4.46. The Morgan fingerprint density at radius 3 is 2.30 bits per heavy atom. The van der Waals surface area contributed by atoms with Crippen LogP contribution in [0, 0.1) is 5.82 Å². The summed E-state index contributed by atoms with van der Waals surface area (Å²) < 4.78 is 18.0. The Balaban J connectivity index is 1.49. The lowest BCUT2D eigenvalue weighted by Crippen LogP contribution is -2.49. The zero-order chi connectivity index (χ0) is 19.4. The number of anilines is 1. The molecule has 1 saturated heterocycles. The van der Waals surface area contributed by atoms with Crippen LogP contribution in [0.2, 0.25) is 0 Å². The van der Waals surface area contributed by atoms with Gasteiger partial charge in [-0.2, -0.15) is 0 Å². The normalized spacial score (nSPS) is 14.1. The molecule has 0 aliphatic carbocycles. The summed E-state index contributed by atoms with van der Waals surface area (Å²) in [7, 11) is 0. The minimum absolute atomic E-state index is 0.123. The lowest BCUT2D eigenvalue weighted by atomic mass is 10.2. The van der Waals surface area contributed by atoms with Crippen LogP contribution in [0.1, 0.15) is 10.4 Å². The van der Waals surface area contributed by atoms with E-state index in [9.17, 15) is 24.2 Å². The van der Waals surface area contributed by atoms with Gasteiger partial charge in [-0.1, -0.05) is 0 Å². The van der Waals surface area contributed by atoms with Crippen LogP contribution >= 0.6 is 0 Å². The Bertz CT molecular complexity index is 832. The minimum Gasteiger partial charge on any atom is -0.508 e. The average molecular weight is 374 g/mol. The van der Waals surface area contributed by atoms with Gasteiger partial charge in [0.15, 0.2) is 6.61 Å².